The number of anilines is 2. The molecule has 1 N–H and O–H groups in total. The molecule has 31 heavy (non-hydrogen) atoms. The van der Waals surface area contributed by atoms with E-state index in [1.54, 1.807) is 50.4 Å². The van der Waals surface area contributed by atoms with Crippen LogP contribution in [0, 0.1) is 0 Å². The quantitative estimate of drug-likeness (QED) is 0.695. The maximum Gasteiger partial charge on any atom is 0.238 e. The highest BCUT2D eigenvalue weighted by atomic mass is 16.5. The molecule has 8 nitrogen and oxygen atoms in total. The Kier molecular flexibility index (Phi) is 7.72. The van der Waals surface area contributed by atoms with Gasteiger partial charge in [0.2, 0.25) is 11.8 Å². The van der Waals surface area contributed by atoms with Gasteiger partial charge in [0, 0.05) is 31.9 Å². The number of para-hydroxylation sites is 2. The van der Waals surface area contributed by atoms with Crippen molar-refractivity contribution in [2.45, 2.75) is 0 Å². The zero-order chi connectivity index (χ0) is 22.2. The molecule has 1 aliphatic heterocycles. The Hall–Kier alpha value is -3.26. The van der Waals surface area contributed by atoms with Crippen LogP contribution in [0.3, 0.4) is 0 Å². The smallest absolute Gasteiger partial charge is 0.238 e. The van der Waals surface area contributed by atoms with Crippen LogP contribution in [0.2, 0.25) is 0 Å². The van der Waals surface area contributed by atoms with Gasteiger partial charge in [-0.25, -0.2) is 0 Å². The lowest BCUT2D eigenvalue weighted by Crippen LogP contribution is -2.51. The number of benzene rings is 2. The van der Waals surface area contributed by atoms with Crippen LogP contribution in [0.4, 0.5) is 11.4 Å². The number of likely N-dealkylation sites (N-methyl/N-ethyl adjacent to an activating group) is 1. The predicted molar refractivity (Wildman–Crippen MR) is 121 cm³/mol. The Labute approximate surface area is 183 Å². The molecule has 0 aliphatic carbocycles. The summed E-state index contributed by atoms with van der Waals surface area (Å²) >= 11 is 0. The van der Waals surface area contributed by atoms with E-state index in [0.717, 1.165) is 30.3 Å². The molecule has 1 fully saturated rings. The number of nitrogens with zero attached hydrogens (tertiary/aromatic N) is 3. The van der Waals surface area contributed by atoms with Crippen LogP contribution in [-0.4, -0.2) is 82.1 Å². The zero-order valence-electron chi connectivity index (χ0n) is 18.3. The minimum atomic E-state index is -0.165. The molecule has 2 amide bonds. The van der Waals surface area contributed by atoms with Crippen molar-refractivity contribution in [1.82, 2.24) is 9.80 Å². The maximum atomic E-state index is 12.7. The number of amides is 2. The fourth-order valence-electron chi connectivity index (χ4n) is 3.59. The monoisotopic (exact) mass is 426 g/mol. The number of carbonyl (C=O) groups is 2. The lowest BCUT2D eigenvalue weighted by atomic mass is 10.2. The molecule has 0 spiro atoms. The second kappa shape index (κ2) is 10.7. The van der Waals surface area contributed by atoms with E-state index < -0.39 is 0 Å². The SMILES string of the molecule is COc1ccc(NC(=O)CN(C)CC(=O)N2CCN(c3ccccc3OC)CC2)cc1. The number of rotatable bonds is 8. The number of carbonyl (C=O) groups excluding carboxylic acids is 2. The van der Waals surface area contributed by atoms with Crippen LogP contribution in [0.1, 0.15) is 0 Å². The first-order valence-electron chi connectivity index (χ1n) is 10.3. The predicted octanol–water partition coefficient (Wildman–Crippen LogP) is 1.92. The van der Waals surface area contributed by atoms with Crippen molar-refractivity contribution in [3.05, 3.63) is 48.5 Å². The van der Waals surface area contributed by atoms with E-state index in [1.807, 2.05) is 29.2 Å². The van der Waals surface area contributed by atoms with Crippen LogP contribution in [-0.2, 0) is 9.59 Å². The molecule has 1 saturated heterocycles. The van der Waals surface area contributed by atoms with Gasteiger partial charge in [0.1, 0.15) is 11.5 Å². The standard InChI is InChI=1S/C23H30N4O4/c1-25(16-22(28)24-18-8-10-19(30-2)11-9-18)17-23(29)27-14-12-26(13-15-27)20-6-4-5-7-21(20)31-3/h4-11H,12-17H2,1-3H3,(H,24,28). The lowest BCUT2D eigenvalue weighted by Gasteiger charge is -2.37. The molecule has 0 aromatic heterocycles. The average Bonchev–Trinajstić information content (AvgIpc) is 2.79. The van der Waals surface area contributed by atoms with Crippen molar-refractivity contribution < 1.29 is 19.1 Å². The van der Waals surface area contributed by atoms with Crippen LogP contribution < -0.4 is 19.7 Å². The summed E-state index contributed by atoms with van der Waals surface area (Å²) < 4.78 is 10.6. The summed E-state index contributed by atoms with van der Waals surface area (Å²) in [5, 5.41) is 2.83. The summed E-state index contributed by atoms with van der Waals surface area (Å²) in [5.74, 6) is 1.43. The van der Waals surface area contributed by atoms with Crippen molar-refractivity contribution >= 4 is 23.2 Å². The molecule has 2 aromatic carbocycles. The van der Waals surface area contributed by atoms with E-state index in [9.17, 15) is 9.59 Å². The highest BCUT2D eigenvalue weighted by molar-refractivity contribution is 5.92. The van der Waals surface area contributed by atoms with Gasteiger partial charge in [0.25, 0.3) is 0 Å². The van der Waals surface area contributed by atoms with E-state index in [-0.39, 0.29) is 24.9 Å². The zero-order valence-corrected chi connectivity index (χ0v) is 18.3. The average molecular weight is 427 g/mol. The van der Waals surface area contributed by atoms with Gasteiger partial charge in [-0.3, -0.25) is 14.5 Å². The molecule has 3 rings (SSSR count). The Morgan fingerprint density at radius 1 is 0.935 bits per heavy atom. The van der Waals surface area contributed by atoms with E-state index in [4.69, 9.17) is 9.47 Å². The summed E-state index contributed by atoms with van der Waals surface area (Å²) in [6.45, 7) is 3.11. The Balaban J connectivity index is 1.44. The van der Waals surface area contributed by atoms with Gasteiger partial charge in [-0.05, 0) is 43.4 Å². The number of piperazine rings is 1. The first-order chi connectivity index (χ1) is 15.0. The van der Waals surface area contributed by atoms with Crippen molar-refractivity contribution in [3.63, 3.8) is 0 Å². The topological polar surface area (TPSA) is 74.4 Å². The minimum Gasteiger partial charge on any atom is -0.497 e. The van der Waals surface area contributed by atoms with Crippen molar-refractivity contribution in [2.75, 3.05) is 70.8 Å². The highest BCUT2D eigenvalue weighted by Crippen LogP contribution is 2.28. The largest absolute Gasteiger partial charge is 0.497 e. The van der Waals surface area contributed by atoms with Gasteiger partial charge in [0.15, 0.2) is 0 Å². The molecular formula is C23H30N4O4. The third kappa shape index (κ3) is 6.11. The van der Waals surface area contributed by atoms with Gasteiger partial charge in [-0.2, -0.15) is 0 Å². The van der Waals surface area contributed by atoms with Crippen molar-refractivity contribution in [2.24, 2.45) is 0 Å². The molecule has 0 atom stereocenters. The molecule has 166 valence electrons. The third-order valence-corrected chi connectivity index (χ3v) is 5.25. The summed E-state index contributed by atoms with van der Waals surface area (Å²) in [6.07, 6.45) is 0. The normalized spacial score (nSPS) is 13.8. The molecule has 1 heterocycles. The Morgan fingerprint density at radius 3 is 2.26 bits per heavy atom. The van der Waals surface area contributed by atoms with Gasteiger partial charge in [0.05, 0.1) is 33.0 Å². The molecule has 8 heteroatoms. The first-order valence-corrected chi connectivity index (χ1v) is 10.3. The van der Waals surface area contributed by atoms with Crippen molar-refractivity contribution in [3.8, 4) is 11.5 Å². The summed E-state index contributed by atoms with van der Waals surface area (Å²) in [7, 11) is 5.04. The van der Waals surface area contributed by atoms with Crippen LogP contribution >= 0.6 is 0 Å². The van der Waals surface area contributed by atoms with Crippen LogP contribution in [0.5, 0.6) is 11.5 Å². The van der Waals surface area contributed by atoms with Gasteiger partial charge < -0.3 is 24.6 Å². The third-order valence-electron chi connectivity index (χ3n) is 5.25. The fraction of sp³-hybridized carbons (Fsp3) is 0.391. The second-order valence-corrected chi connectivity index (χ2v) is 7.49. The van der Waals surface area contributed by atoms with Crippen LogP contribution in [0.15, 0.2) is 48.5 Å². The molecule has 0 saturated carbocycles. The highest BCUT2D eigenvalue weighted by Gasteiger charge is 2.23. The molecule has 0 radical (unpaired) electrons. The van der Waals surface area contributed by atoms with E-state index in [0.29, 0.717) is 18.8 Å². The van der Waals surface area contributed by atoms with E-state index >= 15 is 0 Å². The fourth-order valence-corrected chi connectivity index (χ4v) is 3.59. The summed E-state index contributed by atoms with van der Waals surface area (Å²) in [6, 6.07) is 15.0. The molecule has 0 bridgehead atoms. The number of nitrogens with one attached hydrogen (secondary N) is 1. The Morgan fingerprint density at radius 2 is 1.61 bits per heavy atom. The lowest BCUT2D eigenvalue weighted by molar-refractivity contribution is -0.132. The maximum absolute atomic E-state index is 12.7. The molecule has 2 aromatic rings. The van der Waals surface area contributed by atoms with E-state index in [2.05, 4.69) is 10.2 Å². The Bertz CT molecular complexity index is 879. The molecule has 1 aliphatic rings. The number of hydrogen-bond donors (Lipinski definition) is 1. The van der Waals surface area contributed by atoms with Gasteiger partial charge >= 0.3 is 0 Å². The van der Waals surface area contributed by atoms with Crippen molar-refractivity contribution in [1.29, 1.82) is 0 Å². The molecule has 0 unspecified atom stereocenters. The number of ether oxygens (including phenoxy) is 2. The van der Waals surface area contributed by atoms with E-state index in [1.165, 1.54) is 0 Å². The van der Waals surface area contributed by atoms with Crippen LogP contribution in [0.25, 0.3) is 0 Å². The summed E-state index contributed by atoms with van der Waals surface area (Å²) in [5.41, 5.74) is 1.74. The minimum absolute atomic E-state index is 0.0272. The van der Waals surface area contributed by atoms with Gasteiger partial charge in [-0.1, -0.05) is 12.1 Å². The second-order valence-electron chi connectivity index (χ2n) is 7.49. The number of methoxy groups -OCH3 is 2. The van der Waals surface area contributed by atoms with Gasteiger partial charge in [-0.15, -0.1) is 0 Å². The summed E-state index contributed by atoms with van der Waals surface area (Å²) in [4.78, 5) is 30.8. The molecular weight excluding hydrogens is 396 g/mol. The first kappa shape index (κ1) is 22.4. The number of hydrogen-bond acceptors (Lipinski definition) is 6.